The van der Waals surface area contributed by atoms with Gasteiger partial charge >= 0.3 is 5.97 Å². The fraction of sp³-hybridized carbons (Fsp3) is 0.143. The summed E-state index contributed by atoms with van der Waals surface area (Å²) < 4.78 is 20.7. The van der Waals surface area contributed by atoms with Crippen molar-refractivity contribution in [2.45, 2.75) is 6.92 Å². The minimum absolute atomic E-state index is 0.167. The number of nitrogens with zero attached hydrogens (tertiary/aromatic N) is 2. The lowest BCUT2D eigenvalue weighted by Gasteiger charge is -2.02. The fourth-order valence-electron chi connectivity index (χ4n) is 2.19. The van der Waals surface area contributed by atoms with Gasteiger partial charge in [0.05, 0.1) is 0 Å². The number of halogens is 1. The average molecular weight is 274 g/mol. The Morgan fingerprint density at radius 1 is 1.35 bits per heavy atom. The van der Waals surface area contributed by atoms with Crippen molar-refractivity contribution in [2.75, 3.05) is 0 Å². The van der Waals surface area contributed by atoms with E-state index in [-0.39, 0.29) is 17.0 Å². The second kappa shape index (κ2) is 4.19. The van der Waals surface area contributed by atoms with E-state index < -0.39 is 11.8 Å². The molecule has 2 aromatic heterocycles. The summed E-state index contributed by atoms with van der Waals surface area (Å²) in [6.07, 6.45) is 0. The zero-order valence-electron chi connectivity index (χ0n) is 10.8. The van der Waals surface area contributed by atoms with Gasteiger partial charge in [0.25, 0.3) is 0 Å². The number of hydrogen-bond donors (Lipinski definition) is 1. The highest BCUT2D eigenvalue weighted by atomic mass is 19.1. The number of benzene rings is 1. The third-order valence-corrected chi connectivity index (χ3v) is 3.37. The van der Waals surface area contributed by atoms with Gasteiger partial charge in [0.15, 0.2) is 0 Å². The van der Waals surface area contributed by atoms with Crippen LogP contribution in [0.25, 0.3) is 22.2 Å². The second-order valence-electron chi connectivity index (χ2n) is 4.62. The Morgan fingerprint density at radius 3 is 2.75 bits per heavy atom. The minimum atomic E-state index is -1.24. The monoisotopic (exact) mass is 274 g/mol. The Hall–Kier alpha value is -2.63. The molecule has 0 spiro atoms. The number of hydrogen-bond acceptors (Lipinski definition) is 3. The average Bonchev–Trinajstić information content (AvgIpc) is 2.96. The number of carboxylic acid groups (broad SMARTS) is 1. The summed E-state index contributed by atoms with van der Waals surface area (Å²) in [5.74, 6) is -2.02. The maximum absolute atomic E-state index is 14.1. The molecule has 0 radical (unpaired) electrons. The lowest BCUT2D eigenvalue weighted by molar-refractivity contribution is 0.0652. The predicted molar refractivity (Wildman–Crippen MR) is 70.1 cm³/mol. The maximum atomic E-state index is 14.1. The van der Waals surface area contributed by atoms with Gasteiger partial charge in [-0.25, -0.2) is 9.18 Å². The highest BCUT2D eigenvalue weighted by Gasteiger charge is 2.17. The van der Waals surface area contributed by atoms with Crippen molar-refractivity contribution in [3.05, 3.63) is 41.5 Å². The van der Waals surface area contributed by atoms with Crippen LogP contribution in [0.3, 0.4) is 0 Å². The molecule has 102 valence electrons. The van der Waals surface area contributed by atoms with Crippen LogP contribution >= 0.6 is 0 Å². The van der Waals surface area contributed by atoms with E-state index in [1.165, 1.54) is 12.1 Å². The van der Waals surface area contributed by atoms with Crippen LogP contribution in [-0.2, 0) is 7.05 Å². The molecule has 1 aromatic carbocycles. The summed E-state index contributed by atoms with van der Waals surface area (Å²) in [6, 6.07) is 6.14. The van der Waals surface area contributed by atoms with Crippen LogP contribution in [-0.4, -0.2) is 20.8 Å². The molecular formula is C14H11FN2O3. The molecule has 0 aliphatic carbocycles. The molecule has 6 heteroatoms. The molecule has 3 rings (SSSR count). The Bertz CT molecular complexity index is 832. The molecule has 0 fully saturated rings. The second-order valence-corrected chi connectivity index (χ2v) is 4.62. The zero-order chi connectivity index (χ0) is 14.4. The van der Waals surface area contributed by atoms with Crippen LogP contribution in [0, 0.1) is 12.7 Å². The topological polar surface area (TPSA) is 68.3 Å². The molecule has 0 saturated heterocycles. The number of carboxylic acids is 1. The van der Waals surface area contributed by atoms with E-state index in [0.717, 1.165) is 16.6 Å². The Morgan fingerprint density at radius 2 is 2.10 bits per heavy atom. The number of aryl methyl sites for hydroxylation is 2. The highest BCUT2D eigenvalue weighted by Crippen LogP contribution is 2.29. The maximum Gasteiger partial charge on any atom is 0.374 e. The summed E-state index contributed by atoms with van der Waals surface area (Å²) in [5.41, 5.74) is 2.23. The summed E-state index contributed by atoms with van der Waals surface area (Å²) in [6.45, 7) is 1.93. The van der Waals surface area contributed by atoms with Gasteiger partial charge in [0.1, 0.15) is 11.5 Å². The van der Waals surface area contributed by atoms with E-state index in [1.807, 2.05) is 24.6 Å². The lowest BCUT2D eigenvalue weighted by Crippen LogP contribution is -1.92. The van der Waals surface area contributed by atoms with Gasteiger partial charge in [-0.1, -0.05) is 5.16 Å². The van der Waals surface area contributed by atoms with Gasteiger partial charge in [-0.15, -0.1) is 0 Å². The molecule has 0 atom stereocenters. The molecule has 0 bridgehead atoms. The van der Waals surface area contributed by atoms with E-state index in [9.17, 15) is 9.18 Å². The normalized spacial score (nSPS) is 11.2. The summed E-state index contributed by atoms with van der Waals surface area (Å²) >= 11 is 0. The van der Waals surface area contributed by atoms with Crippen molar-refractivity contribution in [1.29, 1.82) is 0 Å². The van der Waals surface area contributed by atoms with Gasteiger partial charge in [-0.05, 0) is 25.1 Å². The van der Waals surface area contributed by atoms with Crippen molar-refractivity contribution < 1.29 is 18.8 Å². The third kappa shape index (κ3) is 1.77. The van der Waals surface area contributed by atoms with E-state index in [2.05, 4.69) is 9.68 Å². The third-order valence-electron chi connectivity index (χ3n) is 3.37. The van der Waals surface area contributed by atoms with E-state index >= 15 is 0 Å². The van der Waals surface area contributed by atoms with E-state index in [1.54, 1.807) is 6.07 Å². The van der Waals surface area contributed by atoms with E-state index in [4.69, 9.17) is 5.11 Å². The molecule has 0 unspecified atom stereocenters. The first-order chi connectivity index (χ1) is 9.47. The number of aromatic nitrogens is 2. The van der Waals surface area contributed by atoms with Gasteiger partial charge in [0, 0.05) is 35.3 Å². The fourth-order valence-corrected chi connectivity index (χ4v) is 2.19. The number of aromatic carboxylic acids is 1. The molecule has 0 amide bonds. The van der Waals surface area contributed by atoms with Crippen molar-refractivity contribution in [1.82, 2.24) is 9.72 Å². The highest BCUT2D eigenvalue weighted by molar-refractivity contribution is 5.88. The van der Waals surface area contributed by atoms with Gasteiger partial charge in [-0.2, -0.15) is 0 Å². The van der Waals surface area contributed by atoms with Crippen molar-refractivity contribution in [3.63, 3.8) is 0 Å². The van der Waals surface area contributed by atoms with Crippen molar-refractivity contribution in [3.8, 4) is 11.3 Å². The van der Waals surface area contributed by atoms with Crippen LogP contribution in [0.5, 0.6) is 0 Å². The zero-order valence-corrected chi connectivity index (χ0v) is 10.8. The first kappa shape index (κ1) is 12.4. The molecular weight excluding hydrogens is 263 g/mol. The molecule has 3 aromatic rings. The first-order valence-corrected chi connectivity index (χ1v) is 5.93. The smallest absolute Gasteiger partial charge is 0.374 e. The largest absolute Gasteiger partial charge is 0.475 e. The number of rotatable bonds is 2. The van der Waals surface area contributed by atoms with Crippen molar-refractivity contribution >= 4 is 16.9 Å². The summed E-state index contributed by atoms with van der Waals surface area (Å²) in [5, 5.41) is 13.2. The Kier molecular flexibility index (Phi) is 2.60. The van der Waals surface area contributed by atoms with Crippen LogP contribution in [0.1, 0.15) is 16.2 Å². The summed E-state index contributed by atoms with van der Waals surface area (Å²) in [4.78, 5) is 10.8. The SMILES string of the molecule is Cc1cc2cc(F)c(-c3cc(C(=O)O)on3)cc2n1C. The van der Waals surface area contributed by atoms with Crippen LogP contribution < -0.4 is 0 Å². The number of fused-ring (bicyclic) bond motifs is 1. The molecule has 0 aliphatic heterocycles. The molecule has 0 saturated carbocycles. The summed E-state index contributed by atoms with van der Waals surface area (Å²) in [7, 11) is 1.88. The molecule has 1 N–H and O–H groups in total. The molecule has 2 heterocycles. The quantitative estimate of drug-likeness (QED) is 0.780. The van der Waals surface area contributed by atoms with E-state index in [0.29, 0.717) is 0 Å². The van der Waals surface area contributed by atoms with Crippen LogP contribution in [0.4, 0.5) is 4.39 Å². The van der Waals surface area contributed by atoms with Gasteiger partial charge in [0.2, 0.25) is 5.76 Å². The Balaban J connectivity index is 2.21. The molecule has 20 heavy (non-hydrogen) atoms. The lowest BCUT2D eigenvalue weighted by atomic mass is 10.1. The minimum Gasteiger partial charge on any atom is -0.475 e. The first-order valence-electron chi connectivity index (χ1n) is 5.93. The van der Waals surface area contributed by atoms with Crippen molar-refractivity contribution in [2.24, 2.45) is 7.05 Å². The number of carbonyl (C=O) groups is 1. The Labute approximate surface area is 113 Å². The van der Waals surface area contributed by atoms with Gasteiger partial charge in [-0.3, -0.25) is 0 Å². The molecule has 0 aliphatic rings. The predicted octanol–water partition coefficient (Wildman–Crippen LogP) is 2.98. The van der Waals surface area contributed by atoms with Crippen LogP contribution in [0.2, 0.25) is 0 Å². The van der Waals surface area contributed by atoms with Gasteiger partial charge < -0.3 is 14.2 Å². The van der Waals surface area contributed by atoms with Crippen LogP contribution in [0.15, 0.2) is 28.8 Å². The standard InChI is InChI=1S/C14H11FN2O3/c1-7-3-8-4-10(15)9(5-12(8)17(7)2)11-6-13(14(18)19)20-16-11/h3-6H,1-2H3,(H,18,19). The molecule has 5 nitrogen and oxygen atoms in total.